The zero-order valence-corrected chi connectivity index (χ0v) is 17.4. The van der Waals surface area contributed by atoms with Gasteiger partial charge in [0.15, 0.2) is 0 Å². The van der Waals surface area contributed by atoms with Gasteiger partial charge < -0.3 is 14.6 Å². The highest BCUT2D eigenvalue weighted by Gasteiger charge is 2.29. The molecule has 2 saturated heterocycles. The fraction of sp³-hybridized carbons (Fsp3) is 0.737. The van der Waals surface area contributed by atoms with Crippen molar-refractivity contribution in [3.8, 4) is 0 Å². The van der Waals surface area contributed by atoms with Crippen molar-refractivity contribution in [1.82, 2.24) is 19.8 Å². The Kier molecular flexibility index (Phi) is 7.36. The van der Waals surface area contributed by atoms with Gasteiger partial charge in [-0.05, 0) is 63.7 Å². The van der Waals surface area contributed by atoms with Gasteiger partial charge >= 0.3 is 6.03 Å². The van der Waals surface area contributed by atoms with Crippen LogP contribution in [0.5, 0.6) is 0 Å². The Bertz CT molecular complexity index is 716. The van der Waals surface area contributed by atoms with Crippen LogP contribution in [0.25, 0.3) is 0 Å². The summed E-state index contributed by atoms with van der Waals surface area (Å²) in [5.74, 6) is 0.884. The maximum atomic E-state index is 12.9. The summed E-state index contributed by atoms with van der Waals surface area (Å²) < 4.78 is 30.7. The normalized spacial score (nSPS) is 22.3. The first-order valence-electron chi connectivity index (χ1n) is 10.2. The molecule has 0 aliphatic carbocycles. The molecule has 3 heterocycles. The number of rotatable bonds is 8. The molecule has 1 aromatic rings. The van der Waals surface area contributed by atoms with Crippen molar-refractivity contribution < 1.29 is 17.6 Å². The predicted octanol–water partition coefficient (Wildman–Crippen LogP) is 1.92. The van der Waals surface area contributed by atoms with Crippen molar-refractivity contribution in [3.63, 3.8) is 0 Å². The standard InChI is InChI=1S/C19H32N4O4S/c1-28(25,26)21-10-9-16-7-2-3-13-23(16)19(24)20-15-17(18-8-6-14-27-18)22-11-4-5-12-22/h6,8,14,16-17,21H,2-5,7,9-13,15H2,1H3,(H,20,24). The van der Waals surface area contributed by atoms with E-state index in [1.54, 1.807) is 6.26 Å². The van der Waals surface area contributed by atoms with Crippen molar-refractivity contribution in [2.24, 2.45) is 0 Å². The molecule has 3 rings (SSSR count). The molecule has 0 bridgehead atoms. The number of piperidine rings is 1. The number of nitrogens with zero attached hydrogens (tertiary/aromatic N) is 2. The van der Waals surface area contributed by atoms with Gasteiger partial charge in [0.2, 0.25) is 10.0 Å². The maximum absolute atomic E-state index is 12.9. The number of hydrogen-bond donors (Lipinski definition) is 2. The number of carbonyl (C=O) groups excluding carboxylic acids is 1. The highest BCUT2D eigenvalue weighted by Crippen LogP contribution is 2.25. The highest BCUT2D eigenvalue weighted by molar-refractivity contribution is 7.88. The Hall–Kier alpha value is -1.58. The van der Waals surface area contributed by atoms with Crippen LogP contribution in [0.3, 0.4) is 0 Å². The SMILES string of the molecule is CS(=O)(=O)NCCC1CCCCN1C(=O)NCC(c1ccco1)N1CCCC1. The molecular formula is C19H32N4O4S. The third-order valence-corrected chi connectivity index (χ3v) is 6.36. The van der Waals surface area contributed by atoms with Crippen molar-refractivity contribution >= 4 is 16.1 Å². The predicted molar refractivity (Wildman–Crippen MR) is 107 cm³/mol. The molecule has 0 spiro atoms. The number of nitrogens with one attached hydrogen (secondary N) is 2. The summed E-state index contributed by atoms with van der Waals surface area (Å²) in [7, 11) is -3.20. The fourth-order valence-electron chi connectivity index (χ4n) is 4.21. The molecule has 2 amide bonds. The van der Waals surface area contributed by atoms with Gasteiger partial charge in [-0.3, -0.25) is 4.90 Å². The van der Waals surface area contributed by atoms with Crippen LogP contribution >= 0.6 is 0 Å². The average molecular weight is 413 g/mol. The number of amides is 2. The quantitative estimate of drug-likeness (QED) is 0.680. The Morgan fingerprint density at radius 2 is 2.00 bits per heavy atom. The van der Waals surface area contributed by atoms with Crippen LogP contribution in [-0.4, -0.2) is 69.3 Å². The van der Waals surface area contributed by atoms with Crippen LogP contribution in [0.2, 0.25) is 0 Å². The monoisotopic (exact) mass is 412 g/mol. The van der Waals surface area contributed by atoms with Crippen molar-refractivity contribution in [3.05, 3.63) is 24.2 Å². The van der Waals surface area contributed by atoms with E-state index in [-0.39, 0.29) is 18.1 Å². The van der Waals surface area contributed by atoms with E-state index in [0.717, 1.165) is 44.4 Å². The van der Waals surface area contributed by atoms with Gasteiger partial charge in [-0.15, -0.1) is 0 Å². The maximum Gasteiger partial charge on any atom is 0.317 e. The molecule has 2 fully saturated rings. The molecule has 2 aliphatic heterocycles. The lowest BCUT2D eigenvalue weighted by atomic mass is 10.00. The number of furan rings is 1. The number of hydrogen-bond acceptors (Lipinski definition) is 5. The van der Waals surface area contributed by atoms with Gasteiger partial charge in [-0.2, -0.15) is 0 Å². The summed E-state index contributed by atoms with van der Waals surface area (Å²) in [5.41, 5.74) is 0. The van der Waals surface area contributed by atoms with Gasteiger partial charge in [0.05, 0.1) is 18.6 Å². The average Bonchev–Trinajstić information content (AvgIpc) is 3.35. The van der Waals surface area contributed by atoms with E-state index in [1.165, 1.54) is 12.8 Å². The summed E-state index contributed by atoms with van der Waals surface area (Å²) in [5, 5.41) is 3.10. The fourth-order valence-corrected chi connectivity index (χ4v) is 4.70. The lowest BCUT2D eigenvalue weighted by Crippen LogP contribution is -2.51. The zero-order valence-electron chi connectivity index (χ0n) is 16.6. The van der Waals surface area contributed by atoms with Gasteiger partial charge in [0, 0.05) is 25.7 Å². The van der Waals surface area contributed by atoms with Gasteiger partial charge in [0.1, 0.15) is 5.76 Å². The first-order chi connectivity index (χ1) is 13.4. The number of sulfonamides is 1. The van der Waals surface area contributed by atoms with E-state index in [1.807, 2.05) is 17.0 Å². The Morgan fingerprint density at radius 3 is 2.68 bits per heavy atom. The number of urea groups is 1. The zero-order chi connectivity index (χ0) is 20.0. The number of likely N-dealkylation sites (tertiary alicyclic amines) is 2. The van der Waals surface area contributed by atoms with Gasteiger partial charge in [-0.25, -0.2) is 17.9 Å². The molecule has 0 saturated carbocycles. The largest absolute Gasteiger partial charge is 0.468 e. The number of carbonyl (C=O) groups is 1. The Labute approximate surface area is 167 Å². The van der Waals surface area contributed by atoms with Crippen LogP contribution < -0.4 is 10.0 Å². The molecule has 1 aromatic heterocycles. The first-order valence-corrected chi connectivity index (χ1v) is 12.1. The van der Waals surface area contributed by atoms with E-state index < -0.39 is 10.0 Å². The van der Waals surface area contributed by atoms with Crippen LogP contribution in [0.15, 0.2) is 22.8 Å². The van der Waals surface area contributed by atoms with Crippen LogP contribution in [-0.2, 0) is 10.0 Å². The smallest absolute Gasteiger partial charge is 0.317 e. The van der Waals surface area contributed by atoms with Crippen LogP contribution in [0, 0.1) is 0 Å². The topological polar surface area (TPSA) is 94.9 Å². The van der Waals surface area contributed by atoms with E-state index in [0.29, 0.717) is 26.1 Å². The molecule has 8 nitrogen and oxygen atoms in total. The summed E-state index contributed by atoms with van der Waals surface area (Å²) >= 11 is 0. The second-order valence-electron chi connectivity index (χ2n) is 7.76. The highest BCUT2D eigenvalue weighted by atomic mass is 32.2. The molecule has 2 aliphatic rings. The molecule has 0 radical (unpaired) electrons. The molecule has 2 N–H and O–H groups in total. The minimum Gasteiger partial charge on any atom is -0.468 e. The van der Waals surface area contributed by atoms with Crippen molar-refractivity contribution in [2.75, 3.05) is 39.0 Å². The molecule has 28 heavy (non-hydrogen) atoms. The molecule has 2 unspecified atom stereocenters. The van der Waals surface area contributed by atoms with E-state index in [2.05, 4.69) is 14.9 Å². The van der Waals surface area contributed by atoms with E-state index in [4.69, 9.17) is 4.42 Å². The summed E-state index contributed by atoms with van der Waals surface area (Å²) in [4.78, 5) is 17.1. The van der Waals surface area contributed by atoms with Crippen molar-refractivity contribution in [1.29, 1.82) is 0 Å². The second kappa shape index (κ2) is 9.76. The first kappa shape index (κ1) is 21.1. The lowest BCUT2D eigenvalue weighted by Gasteiger charge is -2.36. The Balaban J connectivity index is 1.56. The molecule has 2 atom stereocenters. The van der Waals surface area contributed by atoms with Gasteiger partial charge in [0.25, 0.3) is 0 Å². The van der Waals surface area contributed by atoms with E-state index in [9.17, 15) is 13.2 Å². The van der Waals surface area contributed by atoms with Crippen LogP contribution in [0.4, 0.5) is 4.79 Å². The van der Waals surface area contributed by atoms with Gasteiger partial charge in [-0.1, -0.05) is 0 Å². The van der Waals surface area contributed by atoms with E-state index >= 15 is 0 Å². The minimum absolute atomic E-state index is 0.0524. The minimum atomic E-state index is -3.20. The Morgan fingerprint density at radius 1 is 1.25 bits per heavy atom. The third-order valence-electron chi connectivity index (χ3n) is 5.63. The lowest BCUT2D eigenvalue weighted by molar-refractivity contribution is 0.141. The molecule has 9 heteroatoms. The summed E-state index contributed by atoms with van der Waals surface area (Å²) in [6.07, 6.45) is 8.77. The summed E-state index contributed by atoms with van der Waals surface area (Å²) in [6.45, 7) is 3.62. The molecule has 158 valence electrons. The third kappa shape index (κ3) is 5.96. The molecule has 0 aromatic carbocycles. The van der Waals surface area contributed by atoms with Crippen LogP contribution in [0.1, 0.15) is 50.3 Å². The second-order valence-corrected chi connectivity index (χ2v) is 9.59. The molecular weight excluding hydrogens is 380 g/mol. The summed E-state index contributed by atoms with van der Waals surface area (Å²) in [6, 6.07) is 3.90. The van der Waals surface area contributed by atoms with Crippen molar-refractivity contribution in [2.45, 2.75) is 50.6 Å².